The Kier molecular flexibility index (Phi) is 4.65. The van der Waals surface area contributed by atoms with E-state index in [0.717, 1.165) is 24.2 Å². The standard InChI is InChI=1S/C13H17NO2/c1-4-5-10-8-12(15-2)13(16-3)9-11(10)6-7-14/h8-9H,4-6H2,1-3H3. The summed E-state index contributed by atoms with van der Waals surface area (Å²) in [4.78, 5) is 0. The van der Waals surface area contributed by atoms with Gasteiger partial charge in [-0.3, -0.25) is 0 Å². The van der Waals surface area contributed by atoms with Crippen LogP contribution >= 0.6 is 0 Å². The predicted molar refractivity (Wildman–Crippen MR) is 62.9 cm³/mol. The quantitative estimate of drug-likeness (QED) is 0.764. The number of aryl methyl sites for hydroxylation is 1. The molecule has 1 aromatic rings. The minimum Gasteiger partial charge on any atom is -0.493 e. The van der Waals surface area contributed by atoms with Gasteiger partial charge in [-0.05, 0) is 29.7 Å². The Morgan fingerprint density at radius 3 is 2.12 bits per heavy atom. The Morgan fingerprint density at radius 1 is 1.12 bits per heavy atom. The molecule has 0 bridgehead atoms. The summed E-state index contributed by atoms with van der Waals surface area (Å²) in [5.74, 6) is 1.42. The molecule has 1 aromatic carbocycles. The Morgan fingerprint density at radius 2 is 1.69 bits per heavy atom. The van der Waals surface area contributed by atoms with Crippen molar-refractivity contribution in [2.75, 3.05) is 14.2 Å². The van der Waals surface area contributed by atoms with E-state index in [2.05, 4.69) is 13.0 Å². The zero-order chi connectivity index (χ0) is 12.0. The molecule has 0 N–H and O–H groups in total. The van der Waals surface area contributed by atoms with E-state index in [0.29, 0.717) is 12.2 Å². The van der Waals surface area contributed by atoms with Gasteiger partial charge < -0.3 is 9.47 Å². The SMILES string of the molecule is CCCc1cc(OC)c(OC)cc1CC#N. The molecular formula is C13H17NO2. The first-order chi connectivity index (χ1) is 7.76. The van der Waals surface area contributed by atoms with Gasteiger partial charge in [0, 0.05) is 0 Å². The van der Waals surface area contributed by atoms with Gasteiger partial charge in [0.05, 0.1) is 26.7 Å². The second-order valence-corrected chi connectivity index (χ2v) is 3.56. The minimum absolute atomic E-state index is 0.412. The molecule has 3 nitrogen and oxygen atoms in total. The lowest BCUT2D eigenvalue weighted by Gasteiger charge is -2.12. The summed E-state index contributed by atoms with van der Waals surface area (Å²) < 4.78 is 10.5. The van der Waals surface area contributed by atoms with E-state index in [1.54, 1.807) is 14.2 Å². The normalized spacial score (nSPS) is 9.62. The van der Waals surface area contributed by atoms with Crippen LogP contribution in [0.15, 0.2) is 12.1 Å². The molecule has 0 saturated heterocycles. The van der Waals surface area contributed by atoms with Crippen molar-refractivity contribution in [1.29, 1.82) is 5.26 Å². The molecule has 0 aliphatic rings. The Hall–Kier alpha value is -1.69. The zero-order valence-electron chi connectivity index (χ0n) is 10.0. The van der Waals surface area contributed by atoms with E-state index in [9.17, 15) is 0 Å². The van der Waals surface area contributed by atoms with E-state index < -0.39 is 0 Å². The second-order valence-electron chi connectivity index (χ2n) is 3.56. The number of hydrogen-bond donors (Lipinski definition) is 0. The molecule has 0 heterocycles. The summed E-state index contributed by atoms with van der Waals surface area (Å²) in [5, 5.41) is 8.78. The molecule has 0 fully saturated rings. The molecule has 0 amide bonds. The van der Waals surface area contributed by atoms with Crippen LogP contribution in [0, 0.1) is 11.3 Å². The molecule has 0 unspecified atom stereocenters. The lowest BCUT2D eigenvalue weighted by Crippen LogP contribution is -1.98. The Bertz CT molecular complexity index is 394. The van der Waals surface area contributed by atoms with Crippen molar-refractivity contribution < 1.29 is 9.47 Å². The third-order valence-electron chi connectivity index (χ3n) is 2.49. The molecule has 0 atom stereocenters. The van der Waals surface area contributed by atoms with Crippen LogP contribution in [0.3, 0.4) is 0 Å². The predicted octanol–water partition coefficient (Wildman–Crippen LogP) is 2.72. The molecule has 3 heteroatoms. The molecule has 0 saturated carbocycles. The van der Waals surface area contributed by atoms with Crippen LogP contribution in [0.25, 0.3) is 0 Å². The van der Waals surface area contributed by atoms with Gasteiger partial charge in [-0.2, -0.15) is 5.26 Å². The van der Waals surface area contributed by atoms with Crippen molar-refractivity contribution in [1.82, 2.24) is 0 Å². The number of benzene rings is 1. The van der Waals surface area contributed by atoms with Gasteiger partial charge >= 0.3 is 0 Å². The summed E-state index contributed by atoms with van der Waals surface area (Å²) in [6, 6.07) is 6.04. The second kappa shape index (κ2) is 6.02. The molecule has 1 rings (SSSR count). The summed E-state index contributed by atoms with van der Waals surface area (Å²) >= 11 is 0. The highest BCUT2D eigenvalue weighted by atomic mass is 16.5. The molecule has 0 spiro atoms. The zero-order valence-corrected chi connectivity index (χ0v) is 10.0. The van der Waals surface area contributed by atoms with Gasteiger partial charge in [0.2, 0.25) is 0 Å². The molecule has 86 valence electrons. The first-order valence-electron chi connectivity index (χ1n) is 5.37. The van der Waals surface area contributed by atoms with Crippen molar-refractivity contribution in [3.8, 4) is 17.6 Å². The van der Waals surface area contributed by atoms with Crippen LogP contribution in [0.2, 0.25) is 0 Å². The van der Waals surface area contributed by atoms with Crippen molar-refractivity contribution in [3.63, 3.8) is 0 Å². The van der Waals surface area contributed by atoms with Gasteiger partial charge in [-0.25, -0.2) is 0 Å². The van der Waals surface area contributed by atoms with E-state index in [1.807, 2.05) is 12.1 Å². The minimum atomic E-state index is 0.412. The van der Waals surface area contributed by atoms with Gasteiger partial charge in [0.15, 0.2) is 11.5 Å². The van der Waals surface area contributed by atoms with Crippen LogP contribution < -0.4 is 9.47 Å². The number of hydrogen-bond acceptors (Lipinski definition) is 3. The summed E-state index contributed by atoms with van der Waals surface area (Å²) in [7, 11) is 3.23. The van der Waals surface area contributed by atoms with Gasteiger partial charge in [-0.15, -0.1) is 0 Å². The highest BCUT2D eigenvalue weighted by molar-refractivity contribution is 5.48. The number of methoxy groups -OCH3 is 2. The fourth-order valence-corrected chi connectivity index (χ4v) is 1.71. The average Bonchev–Trinajstić information content (AvgIpc) is 2.31. The van der Waals surface area contributed by atoms with E-state index in [-0.39, 0.29) is 0 Å². The lowest BCUT2D eigenvalue weighted by molar-refractivity contribution is 0.354. The number of ether oxygens (including phenoxy) is 2. The Balaban J connectivity index is 3.19. The number of rotatable bonds is 5. The number of nitriles is 1. The maximum absolute atomic E-state index is 8.78. The average molecular weight is 219 g/mol. The van der Waals surface area contributed by atoms with Crippen molar-refractivity contribution in [2.24, 2.45) is 0 Å². The van der Waals surface area contributed by atoms with Crippen LogP contribution in [-0.4, -0.2) is 14.2 Å². The van der Waals surface area contributed by atoms with Crippen LogP contribution in [0.1, 0.15) is 24.5 Å². The fraction of sp³-hybridized carbons (Fsp3) is 0.462. The molecule has 16 heavy (non-hydrogen) atoms. The summed E-state index contributed by atoms with van der Waals surface area (Å²) in [5.41, 5.74) is 2.20. The van der Waals surface area contributed by atoms with Gasteiger partial charge in [0.1, 0.15) is 0 Å². The van der Waals surface area contributed by atoms with Crippen LogP contribution in [-0.2, 0) is 12.8 Å². The van der Waals surface area contributed by atoms with Gasteiger partial charge in [0.25, 0.3) is 0 Å². The maximum atomic E-state index is 8.78. The topological polar surface area (TPSA) is 42.2 Å². The molecule has 0 aliphatic carbocycles. The van der Waals surface area contributed by atoms with E-state index in [4.69, 9.17) is 14.7 Å². The van der Waals surface area contributed by atoms with Crippen molar-refractivity contribution in [3.05, 3.63) is 23.3 Å². The number of nitrogens with zero attached hydrogens (tertiary/aromatic N) is 1. The maximum Gasteiger partial charge on any atom is 0.161 e. The molecule has 0 aliphatic heterocycles. The first kappa shape index (κ1) is 12.4. The van der Waals surface area contributed by atoms with E-state index >= 15 is 0 Å². The third kappa shape index (κ3) is 2.66. The van der Waals surface area contributed by atoms with Gasteiger partial charge in [-0.1, -0.05) is 13.3 Å². The Labute approximate surface area is 96.6 Å². The largest absolute Gasteiger partial charge is 0.493 e. The summed E-state index contributed by atoms with van der Waals surface area (Å²) in [6.45, 7) is 2.12. The fourth-order valence-electron chi connectivity index (χ4n) is 1.71. The smallest absolute Gasteiger partial charge is 0.161 e. The first-order valence-corrected chi connectivity index (χ1v) is 5.37. The summed E-state index contributed by atoms with van der Waals surface area (Å²) in [6.07, 6.45) is 2.42. The third-order valence-corrected chi connectivity index (χ3v) is 2.49. The highest BCUT2D eigenvalue weighted by Crippen LogP contribution is 2.31. The lowest BCUT2D eigenvalue weighted by atomic mass is 10.00. The molecule has 0 aromatic heterocycles. The van der Waals surface area contributed by atoms with Crippen molar-refractivity contribution >= 4 is 0 Å². The van der Waals surface area contributed by atoms with Crippen LogP contribution in [0.5, 0.6) is 11.5 Å². The van der Waals surface area contributed by atoms with E-state index in [1.165, 1.54) is 5.56 Å². The highest BCUT2D eigenvalue weighted by Gasteiger charge is 2.10. The van der Waals surface area contributed by atoms with Crippen molar-refractivity contribution in [2.45, 2.75) is 26.2 Å². The molecule has 0 radical (unpaired) electrons. The molecular weight excluding hydrogens is 202 g/mol. The monoisotopic (exact) mass is 219 g/mol. The van der Waals surface area contributed by atoms with Crippen LogP contribution in [0.4, 0.5) is 0 Å².